The number of nitrogens with zero attached hydrogens (tertiary/aromatic N) is 5. The Morgan fingerprint density at radius 2 is 1.78 bits per heavy atom. The lowest BCUT2D eigenvalue weighted by Gasteiger charge is -2.32. The van der Waals surface area contributed by atoms with E-state index in [1.165, 1.54) is 0 Å². The summed E-state index contributed by atoms with van der Waals surface area (Å²) in [5.41, 5.74) is 6.81. The molecule has 1 aromatic heterocycles. The van der Waals surface area contributed by atoms with Gasteiger partial charge in [0.1, 0.15) is 0 Å². The number of nitro benzene ring substituents is 1. The number of imidazole rings is 1. The molecule has 0 aliphatic heterocycles. The Morgan fingerprint density at radius 1 is 1.08 bits per heavy atom. The highest BCUT2D eigenvalue weighted by Crippen LogP contribution is 2.35. The second-order valence-electron chi connectivity index (χ2n) is 8.55. The fraction of sp³-hybridized carbons (Fsp3) is 0.214. The molecule has 37 heavy (non-hydrogen) atoms. The minimum absolute atomic E-state index is 0. The molecule has 0 aliphatic carbocycles. The second-order valence-corrected chi connectivity index (χ2v) is 8.55. The van der Waals surface area contributed by atoms with Crippen LogP contribution in [-0.4, -0.2) is 25.9 Å². The highest BCUT2D eigenvalue weighted by molar-refractivity contribution is 5.85. The summed E-state index contributed by atoms with van der Waals surface area (Å²) in [4.78, 5) is 17.3. The van der Waals surface area contributed by atoms with Crippen molar-refractivity contribution in [2.24, 2.45) is 7.05 Å². The van der Waals surface area contributed by atoms with E-state index in [4.69, 9.17) is 0 Å². The third-order valence-electron chi connectivity index (χ3n) is 6.35. The van der Waals surface area contributed by atoms with Crippen molar-refractivity contribution in [1.82, 2.24) is 14.5 Å². The topological polar surface area (TPSA) is 88.0 Å². The van der Waals surface area contributed by atoms with Crippen molar-refractivity contribution in [1.29, 1.82) is 5.26 Å². The minimum atomic E-state index is -0.385. The first-order valence-electron chi connectivity index (χ1n) is 11.5. The van der Waals surface area contributed by atoms with Crippen molar-refractivity contribution in [3.05, 3.63) is 117 Å². The van der Waals surface area contributed by atoms with E-state index in [0.717, 1.165) is 40.1 Å². The molecule has 0 bridgehead atoms. The van der Waals surface area contributed by atoms with Crippen LogP contribution in [0.5, 0.6) is 0 Å². The van der Waals surface area contributed by atoms with Crippen LogP contribution in [0.1, 0.15) is 40.9 Å². The van der Waals surface area contributed by atoms with Gasteiger partial charge in [0.25, 0.3) is 5.69 Å². The number of hydrogen-bond acceptors (Lipinski definition) is 5. The van der Waals surface area contributed by atoms with Crippen LogP contribution >= 0.6 is 24.8 Å². The Morgan fingerprint density at radius 3 is 2.35 bits per heavy atom. The molecule has 0 radical (unpaired) electrons. The average molecular weight is 538 g/mol. The van der Waals surface area contributed by atoms with E-state index in [1.807, 2.05) is 48.1 Å². The van der Waals surface area contributed by atoms with Crippen molar-refractivity contribution < 1.29 is 4.92 Å². The normalized spacial score (nSPS) is 11.2. The zero-order chi connectivity index (χ0) is 24.9. The zero-order valence-electron chi connectivity index (χ0n) is 20.9. The van der Waals surface area contributed by atoms with Gasteiger partial charge in [-0.05, 0) is 47.9 Å². The van der Waals surface area contributed by atoms with Crippen LogP contribution in [-0.2, 0) is 13.6 Å². The van der Waals surface area contributed by atoms with Crippen molar-refractivity contribution in [3.8, 4) is 17.2 Å². The van der Waals surface area contributed by atoms with Crippen LogP contribution < -0.4 is 0 Å². The molecule has 9 heteroatoms. The summed E-state index contributed by atoms with van der Waals surface area (Å²) in [5, 5.41) is 20.9. The summed E-state index contributed by atoms with van der Waals surface area (Å²) < 4.78 is 2.01. The first-order valence-corrected chi connectivity index (χ1v) is 11.5. The fourth-order valence-electron chi connectivity index (χ4n) is 4.47. The van der Waals surface area contributed by atoms with E-state index < -0.39 is 0 Å². The number of aromatic nitrogens is 2. The highest BCUT2D eigenvalue weighted by atomic mass is 35.5. The maximum Gasteiger partial charge on any atom is 0.269 e. The molecule has 4 aromatic rings. The van der Waals surface area contributed by atoms with Crippen LogP contribution in [0, 0.1) is 28.4 Å². The van der Waals surface area contributed by atoms with Crippen LogP contribution in [0.15, 0.2) is 79.3 Å². The molecule has 1 unspecified atom stereocenters. The van der Waals surface area contributed by atoms with Crippen molar-refractivity contribution in [2.45, 2.75) is 26.4 Å². The summed E-state index contributed by atoms with van der Waals surface area (Å²) in [6.07, 6.45) is 3.66. The van der Waals surface area contributed by atoms with Gasteiger partial charge in [-0.2, -0.15) is 5.26 Å². The largest absolute Gasteiger partial charge is 0.336 e. The molecule has 0 saturated carbocycles. The Kier molecular flexibility index (Phi) is 10.4. The number of benzene rings is 3. The predicted molar refractivity (Wildman–Crippen MR) is 150 cm³/mol. The molecule has 0 spiro atoms. The molecular weight excluding hydrogens is 509 g/mol. The number of rotatable bonds is 8. The van der Waals surface area contributed by atoms with Gasteiger partial charge in [0.15, 0.2) is 0 Å². The lowest BCUT2D eigenvalue weighted by atomic mass is 9.91. The Hall–Kier alpha value is -3.70. The number of non-ortho nitro benzene ring substituents is 1. The zero-order valence-corrected chi connectivity index (χ0v) is 22.5. The van der Waals surface area contributed by atoms with Crippen LogP contribution in [0.3, 0.4) is 0 Å². The van der Waals surface area contributed by atoms with Crippen LogP contribution in [0.4, 0.5) is 5.69 Å². The van der Waals surface area contributed by atoms with E-state index in [-0.39, 0.29) is 41.5 Å². The number of hydrogen-bond donors (Lipinski definition) is 0. The van der Waals surface area contributed by atoms with E-state index in [9.17, 15) is 15.4 Å². The quantitative estimate of drug-likeness (QED) is 0.186. The fourth-order valence-corrected chi connectivity index (χ4v) is 4.47. The van der Waals surface area contributed by atoms with Crippen LogP contribution in [0.2, 0.25) is 0 Å². The predicted octanol–water partition coefficient (Wildman–Crippen LogP) is 6.63. The summed E-state index contributed by atoms with van der Waals surface area (Å²) in [5.74, 6) is 0. The molecule has 192 valence electrons. The van der Waals surface area contributed by atoms with E-state index in [1.54, 1.807) is 30.6 Å². The van der Waals surface area contributed by atoms with Crippen LogP contribution in [0.25, 0.3) is 11.1 Å². The van der Waals surface area contributed by atoms with Gasteiger partial charge in [-0.25, -0.2) is 4.98 Å². The second kappa shape index (κ2) is 13.0. The number of halogens is 2. The van der Waals surface area contributed by atoms with Gasteiger partial charge in [0, 0.05) is 31.3 Å². The van der Waals surface area contributed by atoms with Gasteiger partial charge < -0.3 is 4.57 Å². The maximum absolute atomic E-state index is 11.1. The Balaban J connectivity index is 0.00000241. The first kappa shape index (κ1) is 29.5. The number of aryl methyl sites for hydroxylation is 2. The summed E-state index contributed by atoms with van der Waals surface area (Å²) in [6, 6.07) is 23.0. The van der Waals surface area contributed by atoms with E-state index >= 15 is 0 Å². The molecule has 1 heterocycles. The summed E-state index contributed by atoms with van der Waals surface area (Å²) >= 11 is 0. The highest BCUT2D eigenvalue weighted by Gasteiger charge is 2.25. The lowest BCUT2D eigenvalue weighted by Crippen LogP contribution is -2.30. The lowest BCUT2D eigenvalue weighted by molar-refractivity contribution is -0.384. The maximum atomic E-state index is 11.1. The van der Waals surface area contributed by atoms with Gasteiger partial charge in [0.2, 0.25) is 0 Å². The third-order valence-corrected chi connectivity index (χ3v) is 6.35. The molecule has 0 N–H and O–H groups in total. The third kappa shape index (κ3) is 6.36. The molecule has 0 saturated heterocycles. The molecule has 3 aromatic carbocycles. The monoisotopic (exact) mass is 537 g/mol. The minimum Gasteiger partial charge on any atom is -0.336 e. The molecule has 4 rings (SSSR count). The molecule has 1 atom stereocenters. The molecule has 7 nitrogen and oxygen atoms in total. The molecular formula is C28H29Cl2N5O2. The van der Waals surface area contributed by atoms with Crippen molar-refractivity contribution in [3.63, 3.8) is 0 Å². The smallest absolute Gasteiger partial charge is 0.269 e. The SMILES string of the molecule is CCN(Cc1ccc([N+](=O)[O-])cc1)C(c1ccc(C#N)c(-c2ccccc2C)c1)c1cncn1C.Cl.Cl. The average Bonchev–Trinajstić information content (AvgIpc) is 3.29. The molecule has 0 amide bonds. The van der Waals surface area contributed by atoms with Crippen molar-refractivity contribution >= 4 is 30.5 Å². The summed E-state index contributed by atoms with van der Waals surface area (Å²) in [7, 11) is 1.97. The molecule has 0 fully saturated rings. The Bertz CT molecular complexity index is 1400. The van der Waals surface area contributed by atoms with Gasteiger partial charge >= 0.3 is 0 Å². The Labute approximate surface area is 229 Å². The first-order chi connectivity index (χ1) is 16.9. The van der Waals surface area contributed by atoms with E-state index in [0.29, 0.717) is 12.1 Å². The number of nitro groups is 1. The van der Waals surface area contributed by atoms with Crippen molar-refractivity contribution in [2.75, 3.05) is 6.54 Å². The van der Waals surface area contributed by atoms with Gasteiger partial charge in [-0.3, -0.25) is 15.0 Å². The van der Waals surface area contributed by atoms with Gasteiger partial charge in [-0.1, -0.05) is 49.4 Å². The number of nitriles is 1. The standard InChI is InChI=1S/C28H27N5O2.2ClH/c1-4-32(18-21-9-13-24(14-10-21)33(34)35)28(27-17-30-19-31(27)3)22-11-12-23(16-29)26(15-22)25-8-6-5-7-20(25)2;;/h5-15,17,19,28H,4,18H2,1-3H3;2*1H. The van der Waals surface area contributed by atoms with Gasteiger partial charge in [-0.15, -0.1) is 24.8 Å². The summed E-state index contributed by atoms with van der Waals surface area (Å²) in [6.45, 7) is 5.49. The molecule has 0 aliphatic rings. The van der Waals surface area contributed by atoms with E-state index in [2.05, 4.69) is 41.9 Å². The van der Waals surface area contributed by atoms with Gasteiger partial charge in [0.05, 0.1) is 40.8 Å².